The Labute approximate surface area is 59.5 Å². The van der Waals surface area contributed by atoms with E-state index in [9.17, 15) is 8.42 Å². The number of nitrogens with zero attached hydrogens (tertiary/aromatic N) is 1. The standard InChI is InChI=1S/C5H8N2O2S/c6-10(8,9)5-3-1-2-4-7-5/h2,4H,1,3H2,(H2,6,8,9). The molecule has 1 heterocycles. The molecule has 0 atom stereocenters. The van der Waals surface area contributed by atoms with Gasteiger partial charge in [0.15, 0.2) is 0 Å². The lowest BCUT2D eigenvalue weighted by atomic mass is 10.3. The second-order valence-electron chi connectivity index (χ2n) is 1.99. The quantitative estimate of drug-likeness (QED) is 0.541. The van der Waals surface area contributed by atoms with Gasteiger partial charge in [0, 0.05) is 12.6 Å². The zero-order valence-corrected chi connectivity index (χ0v) is 6.13. The van der Waals surface area contributed by atoms with Crippen LogP contribution in [0.15, 0.2) is 17.3 Å². The molecular formula is C5H8N2O2S. The van der Waals surface area contributed by atoms with Gasteiger partial charge in [-0.05, 0) is 6.42 Å². The predicted octanol–water partition coefficient (Wildman–Crippen LogP) is -0.0191. The Morgan fingerprint density at radius 1 is 1.60 bits per heavy atom. The minimum Gasteiger partial charge on any atom is -0.248 e. The molecule has 0 fully saturated rings. The summed E-state index contributed by atoms with van der Waals surface area (Å²) < 4.78 is 21.2. The molecule has 0 spiro atoms. The van der Waals surface area contributed by atoms with Crippen molar-refractivity contribution in [3.05, 3.63) is 12.3 Å². The molecule has 0 aromatic rings. The molecule has 0 aromatic carbocycles. The highest BCUT2D eigenvalue weighted by Crippen LogP contribution is 2.05. The summed E-state index contributed by atoms with van der Waals surface area (Å²) in [6, 6.07) is 0. The smallest absolute Gasteiger partial charge is 0.248 e. The summed E-state index contributed by atoms with van der Waals surface area (Å²) in [6.45, 7) is 0. The molecule has 0 saturated carbocycles. The van der Waals surface area contributed by atoms with Gasteiger partial charge in [-0.3, -0.25) is 0 Å². The van der Waals surface area contributed by atoms with Crippen molar-refractivity contribution in [2.24, 2.45) is 10.1 Å². The lowest BCUT2D eigenvalue weighted by Crippen LogP contribution is -2.23. The summed E-state index contributed by atoms with van der Waals surface area (Å²) in [5, 5.41) is 4.90. The monoisotopic (exact) mass is 160 g/mol. The van der Waals surface area contributed by atoms with Crippen LogP contribution >= 0.6 is 0 Å². The van der Waals surface area contributed by atoms with Gasteiger partial charge in [0.2, 0.25) is 0 Å². The van der Waals surface area contributed by atoms with Gasteiger partial charge in [-0.2, -0.15) is 0 Å². The van der Waals surface area contributed by atoms with Gasteiger partial charge in [0.25, 0.3) is 10.0 Å². The summed E-state index contributed by atoms with van der Waals surface area (Å²) in [6.07, 6.45) is 4.39. The molecule has 5 heteroatoms. The van der Waals surface area contributed by atoms with Crippen molar-refractivity contribution in [2.75, 3.05) is 0 Å². The molecule has 0 aliphatic carbocycles. The molecule has 0 unspecified atom stereocenters. The summed E-state index contributed by atoms with van der Waals surface area (Å²) >= 11 is 0. The highest BCUT2D eigenvalue weighted by molar-refractivity contribution is 8.04. The molecule has 1 aliphatic rings. The van der Waals surface area contributed by atoms with Crippen LogP contribution in [0.2, 0.25) is 0 Å². The van der Waals surface area contributed by atoms with Crippen LogP contribution in [0.25, 0.3) is 0 Å². The van der Waals surface area contributed by atoms with Gasteiger partial charge in [0.05, 0.1) is 0 Å². The van der Waals surface area contributed by atoms with Crippen molar-refractivity contribution in [1.29, 1.82) is 0 Å². The number of hydrogen-bond donors (Lipinski definition) is 1. The molecule has 4 nitrogen and oxygen atoms in total. The molecule has 0 amide bonds. The van der Waals surface area contributed by atoms with E-state index in [1.54, 1.807) is 6.08 Å². The van der Waals surface area contributed by atoms with Gasteiger partial charge in [-0.15, -0.1) is 0 Å². The first-order valence-electron chi connectivity index (χ1n) is 2.85. The van der Waals surface area contributed by atoms with Crippen LogP contribution in [0.4, 0.5) is 0 Å². The number of aliphatic imine (C=N–C) groups is 1. The number of rotatable bonds is 0. The first-order chi connectivity index (χ1) is 4.61. The molecule has 10 heavy (non-hydrogen) atoms. The fourth-order valence-corrected chi connectivity index (χ4v) is 1.31. The topological polar surface area (TPSA) is 72.5 Å². The van der Waals surface area contributed by atoms with E-state index in [1.165, 1.54) is 6.20 Å². The van der Waals surface area contributed by atoms with Crippen LogP contribution in [-0.4, -0.2) is 13.5 Å². The van der Waals surface area contributed by atoms with E-state index in [0.29, 0.717) is 12.8 Å². The maximum atomic E-state index is 10.6. The van der Waals surface area contributed by atoms with Crippen molar-refractivity contribution in [3.63, 3.8) is 0 Å². The Morgan fingerprint density at radius 3 is 2.60 bits per heavy atom. The normalized spacial score (nSPS) is 18.7. The largest absolute Gasteiger partial charge is 0.251 e. The van der Waals surface area contributed by atoms with E-state index < -0.39 is 10.0 Å². The number of nitrogens with two attached hydrogens (primary N) is 1. The lowest BCUT2D eigenvalue weighted by Gasteiger charge is -2.02. The molecular weight excluding hydrogens is 152 g/mol. The second kappa shape index (κ2) is 2.51. The second-order valence-corrected chi connectivity index (χ2v) is 3.55. The fraction of sp³-hybridized carbons (Fsp3) is 0.400. The van der Waals surface area contributed by atoms with Crippen LogP contribution in [-0.2, 0) is 10.0 Å². The minimum atomic E-state index is -3.53. The highest BCUT2D eigenvalue weighted by Gasteiger charge is 2.13. The van der Waals surface area contributed by atoms with Crippen LogP contribution < -0.4 is 5.14 Å². The fourth-order valence-electron chi connectivity index (χ4n) is 0.697. The van der Waals surface area contributed by atoms with Crippen molar-refractivity contribution >= 4 is 15.1 Å². The van der Waals surface area contributed by atoms with Gasteiger partial charge in [-0.25, -0.2) is 18.5 Å². The highest BCUT2D eigenvalue weighted by atomic mass is 32.2. The van der Waals surface area contributed by atoms with Crippen LogP contribution in [0.3, 0.4) is 0 Å². The average Bonchev–Trinajstić information content (AvgIpc) is 1.88. The van der Waals surface area contributed by atoms with E-state index in [0.717, 1.165) is 0 Å². The van der Waals surface area contributed by atoms with Crippen molar-refractivity contribution < 1.29 is 8.42 Å². The van der Waals surface area contributed by atoms with Crippen molar-refractivity contribution in [2.45, 2.75) is 12.8 Å². The van der Waals surface area contributed by atoms with E-state index in [1.807, 2.05) is 0 Å². The third-order valence-corrected chi connectivity index (χ3v) is 2.14. The Morgan fingerprint density at radius 2 is 2.30 bits per heavy atom. The van der Waals surface area contributed by atoms with Crippen LogP contribution in [0.5, 0.6) is 0 Å². The third kappa shape index (κ3) is 1.65. The average molecular weight is 160 g/mol. The zero-order chi connectivity index (χ0) is 7.61. The van der Waals surface area contributed by atoms with Gasteiger partial charge in [-0.1, -0.05) is 6.08 Å². The SMILES string of the molecule is NS(=O)(=O)C1=NC=CCC1. The van der Waals surface area contributed by atoms with Crippen LogP contribution in [0.1, 0.15) is 12.8 Å². The molecule has 1 rings (SSSR count). The number of allylic oxidation sites excluding steroid dienone is 1. The maximum absolute atomic E-state index is 10.6. The molecule has 2 N–H and O–H groups in total. The first kappa shape index (κ1) is 7.43. The molecule has 0 bridgehead atoms. The number of sulfonamides is 1. The summed E-state index contributed by atoms with van der Waals surface area (Å²) in [7, 11) is -3.53. The van der Waals surface area contributed by atoms with E-state index in [2.05, 4.69) is 4.99 Å². The summed E-state index contributed by atoms with van der Waals surface area (Å²) in [5.74, 6) is 0. The van der Waals surface area contributed by atoms with Crippen LogP contribution in [0, 0.1) is 0 Å². The molecule has 0 aromatic heterocycles. The lowest BCUT2D eigenvalue weighted by molar-refractivity contribution is 0.608. The zero-order valence-electron chi connectivity index (χ0n) is 5.32. The third-order valence-electron chi connectivity index (χ3n) is 1.18. The first-order valence-corrected chi connectivity index (χ1v) is 4.40. The summed E-state index contributed by atoms with van der Waals surface area (Å²) in [5.41, 5.74) is 0. The Balaban J connectivity index is 2.93. The maximum Gasteiger partial charge on any atom is 0.251 e. The van der Waals surface area contributed by atoms with Gasteiger partial charge >= 0.3 is 0 Å². The number of hydrogen-bond acceptors (Lipinski definition) is 3. The van der Waals surface area contributed by atoms with Crippen molar-refractivity contribution in [1.82, 2.24) is 0 Å². The van der Waals surface area contributed by atoms with E-state index in [4.69, 9.17) is 5.14 Å². The molecule has 1 aliphatic heterocycles. The van der Waals surface area contributed by atoms with Gasteiger partial charge in [0.1, 0.15) is 5.04 Å². The molecule has 0 radical (unpaired) electrons. The minimum absolute atomic E-state index is 0.0787. The Kier molecular flexibility index (Phi) is 1.87. The van der Waals surface area contributed by atoms with E-state index in [-0.39, 0.29) is 5.04 Å². The van der Waals surface area contributed by atoms with E-state index >= 15 is 0 Å². The van der Waals surface area contributed by atoms with Crippen molar-refractivity contribution in [3.8, 4) is 0 Å². The number of primary sulfonamides is 1. The summed E-state index contributed by atoms with van der Waals surface area (Å²) in [4.78, 5) is 3.62. The molecule has 56 valence electrons. The Hall–Kier alpha value is -0.680. The Bertz CT molecular complexity index is 276. The molecule has 0 saturated heterocycles. The predicted molar refractivity (Wildman–Crippen MR) is 38.9 cm³/mol. The van der Waals surface area contributed by atoms with Gasteiger partial charge < -0.3 is 0 Å².